The first-order valence-electron chi connectivity index (χ1n) is 7.73. The van der Waals surface area contributed by atoms with Gasteiger partial charge in [-0.05, 0) is 54.6 Å². The van der Waals surface area contributed by atoms with E-state index in [-0.39, 0.29) is 19.1 Å². The number of amides is 1. The number of furan rings is 1. The Morgan fingerprint density at radius 2 is 1.92 bits per heavy atom. The van der Waals surface area contributed by atoms with Gasteiger partial charge in [0.05, 0.1) is 5.02 Å². The van der Waals surface area contributed by atoms with Gasteiger partial charge >= 0.3 is 0 Å². The van der Waals surface area contributed by atoms with Gasteiger partial charge in [-0.25, -0.2) is 0 Å². The third-order valence-electron chi connectivity index (χ3n) is 3.52. The van der Waals surface area contributed by atoms with Crippen LogP contribution in [0.4, 0.5) is 5.69 Å². The van der Waals surface area contributed by atoms with Crippen LogP contribution < -0.4 is 10.1 Å². The summed E-state index contributed by atoms with van der Waals surface area (Å²) in [6.07, 6.45) is 0. The largest absolute Gasteiger partial charge is 0.484 e. The summed E-state index contributed by atoms with van der Waals surface area (Å²) in [5, 5.41) is 12.3. The lowest BCUT2D eigenvalue weighted by Gasteiger charge is -2.09. The number of ether oxygens (including phenoxy) is 1. The van der Waals surface area contributed by atoms with E-state index in [1.807, 2.05) is 12.1 Å². The van der Waals surface area contributed by atoms with Gasteiger partial charge in [0.15, 0.2) is 6.61 Å². The maximum atomic E-state index is 12.1. The summed E-state index contributed by atoms with van der Waals surface area (Å²) in [6.45, 7) is -0.309. The predicted octanol–water partition coefficient (Wildman–Crippen LogP) is 4.87. The van der Waals surface area contributed by atoms with Crippen LogP contribution in [0.1, 0.15) is 5.76 Å². The maximum Gasteiger partial charge on any atom is 0.262 e. The van der Waals surface area contributed by atoms with Crippen LogP contribution in [0.3, 0.4) is 0 Å². The summed E-state index contributed by atoms with van der Waals surface area (Å²) in [7, 11) is 0. The molecular weight excluding hydrogens is 422 g/mol. The molecule has 0 aliphatic heterocycles. The summed E-state index contributed by atoms with van der Waals surface area (Å²) in [4.78, 5) is 12.1. The van der Waals surface area contributed by atoms with E-state index in [2.05, 4.69) is 21.2 Å². The standard InChI is InChI=1S/C19H15BrClNO4/c20-12-1-4-14(5-2-12)25-11-19(24)22-13-3-7-17(21)16(9-13)18-8-6-15(10-23)26-18/h1-9,23H,10-11H2,(H,22,24). The molecule has 3 aromatic rings. The van der Waals surface area contributed by atoms with Crippen molar-refractivity contribution in [2.24, 2.45) is 0 Å². The van der Waals surface area contributed by atoms with Gasteiger partial charge in [-0.15, -0.1) is 0 Å². The van der Waals surface area contributed by atoms with Gasteiger partial charge in [-0.1, -0.05) is 27.5 Å². The lowest BCUT2D eigenvalue weighted by molar-refractivity contribution is -0.118. The van der Waals surface area contributed by atoms with Crippen molar-refractivity contribution in [2.45, 2.75) is 6.61 Å². The van der Waals surface area contributed by atoms with E-state index >= 15 is 0 Å². The van der Waals surface area contributed by atoms with E-state index in [1.165, 1.54) is 0 Å². The molecule has 2 N–H and O–H groups in total. The molecule has 0 radical (unpaired) electrons. The van der Waals surface area contributed by atoms with Crippen molar-refractivity contribution in [3.8, 4) is 17.1 Å². The van der Waals surface area contributed by atoms with Crippen molar-refractivity contribution in [1.82, 2.24) is 0 Å². The molecule has 0 saturated heterocycles. The van der Waals surface area contributed by atoms with Gasteiger partial charge in [0.2, 0.25) is 0 Å². The molecule has 0 atom stereocenters. The fourth-order valence-electron chi connectivity index (χ4n) is 2.28. The number of halogens is 2. The quantitative estimate of drug-likeness (QED) is 0.578. The number of nitrogens with one attached hydrogen (secondary N) is 1. The van der Waals surface area contributed by atoms with Crippen molar-refractivity contribution in [3.63, 3.8) is 0 Å². The topological polar surface area (TPSA) is 71.7 Å². The number of aliphatic hydroxyl groups excluding tert-OH is 1. The smallest absolute Gasteiger partial charge is 0.262 e. The van der Waals surface area contributed by atoms with Gasteiger partial charge in [-0.3, -0.25) is 4.79 Å². The van der Waals surface area contributed by atoms with Gasteiger partial charge in [0.25, 0.3) is 5.91 Å². The Kier molecular flexibility index (Phi) is 5.98. The fourth-order valence-corrected chi connectivity index (χ4v) is 2.75. The average molecular weight is 437 g/mol. The van der Waals surface area contributed by atoms with E-state index in [0.29, 0.717) is 33.5 Å². The normalized spacial score (nSPS) is 10.6. The molecule has 5 nitrogen and oxygen atoms in total. The summed E-state index contributed by atoms with van der Waals surface area (Å²) in [6, 6.07) is 15.7. The second-order valence-electron chi connectivity index (χ2n) is 5.41. The molecule has 0 spiro atoms. The first kappa shape index (κ1) is 18.5. The number of hydrogen-bond donors (Lipinski definition) is 2. The Morgan fingerprint density at radius 1 is 1.15 bits per heavy atom. The first-order chi connectivity index (χ1) is 12.5. The Bertz CT molecular complexity index is 908. The summed E-state index contributed by atoms with van der Waals surface area (Å²) in [5.41, 5.74) is 1.19. The van der Waals surface area contributed by atoms with Gasteiger partial charge < -0.3 is 19.6 Å². The Morgan fingerprint density at radius 3 is 2.62 bits per heavy atom. The number of carbonyl (C=O) groups is 1. The molecule has 3 rings (SSSR count). The fraction of sp³-hybridized carbons (Fsp3) is 0.105. The molecule has 1 heterocycles. The van der Waals surface area contributed by atoms with Crippen molar-refractivity contribution in [2.75, 3.05) is 11.9 Å². The molecule has 0 saturated carbocycles. The van der Waals surface area contributed by atoms with E-state index in [9.17, 15) is 4.79 Å². The molecule has 0 unspecified atom stereocenters. The molecule has 134 valence electrons. The molecule has 0 fully saturated rings. The number of aliphatic hydroxyl groups is 1. The van der Waals surface area contributed by atoms with Crippen LogP contribution in [0.15, 0.2) is 63.5 Å². The third-order valence-corrected chi connectivity index (χ3v) is 4.37. The molecule has 2 aromatic carbocycles. The summed E-state index contributed by atoms with van der Waals surface area (Å²) in [5.74, 6) is 1.26. The number of hydrogen-bond acceptors (Lipinski definition) is 4. The molecular formula is C19H15BrClNO4. The monoisotopic (exact) mass is 435 g/mol. The highest BCUT2D eigenvalue weighted by atomic mass is 79.9. The molecule has 0 aliphatic carbocycles. The van der Waals surface area contributed by atoms with Gasteiger partial charge in [0, 0.05) is 15.7 Å². The minimum absolute atomic E-state index is 0.116. The number of anilines is 1. The summed E-state index contributed by atoms with van der Waals surface area (Å²) < 4.78 is 11.9. The van der Waals surface area contributed by atoms with E-state index in [0.717, 1.165) is 4.47 Å². The Labute approximate surface area is 163 Å². The number of carbonyl (C=O) groups excluding carboxylic acids is 1. The van der Waals surface area contributed by atoms with E-state index in [4.69, 9.17) is 25.9 Å². The zero-order chi connectivity index (χ0) is 18.5. The Hall–Kier alpha value is -2.28. The maximum absolute atomic E-state index is 12.1. The van der Waals surface area contributed by atoms with Crippen molar-refractivity contribution < 1.29 is 19.1 Å². The molecule has 1 amide bonds. The van der Waals surface area contributed by atoms with E-state index < -0.39 is 0 Å². The van der Waals surface area contributed by atoms with E-state index in [1.54, 1.807) is 42.5 Å². The van der Waals surface area contributed by atoms with Crippen LogP contribution in [0.25, 0.3) is 11.3 Å². The van der Waals surface area contributed by atoms with Crippen LogP contribution in [-0.4, -0.2) is 17.6 Å². The SMILES string of the molecule is O=C(COc1ccc(Br)cc1)Nc1ccc(Cl)c(-c2ccc(CO)o2)c1. The second kappa shape index (κ2) is 8.40. The third kappa shape index (κ3) is 4.66. The number of benzene rings is 2. The van der Waals surface area contributed by atoms with Gasteiger partial charge in [-0.2, -0.15) is 0 Å². The average Bonchev–Trinajstić information content (AvgIpc) is 3.12. The van der Waals surface area contributed by atoms with Crippen LogP contribution >= 0.6 is 27.5 Å². The minimum Gasteiger partial charge on any atom is -0.484 e. The second-order valence-corrected chi connectivity index (χ2v) is 6.73. The van der Waals surface area contributed by atoms with Crippen LogP contribution in [-0.2, 0) is 11.4 Å². The highest BCUT2D eigenvalue weighted by molar-refractivity contribution is 9.10. The highest BCUT2D eigenvalue weighted by Crippen LogP contribution is 2.32. The van der Waals surface area contributed by atoms with Crippen LogP contribution in [0, 0.1) is 0 Å². The van der Waals surface area contributed by atoms with Crippen molar-refractivity contribution in [3.05, 3.63) is 69.9 Å². The van der Waals surface area contributed by atoms with Crippen molar-refractivity contribution in [1.29, 1.82) is 0 Å². The molecule has 7 heteroatoms. The highest BCUT2D eigenvalue weighted by Gasteiger charge is 2.11. The zero-order valence-corrected chi connectivity index (χ0v) is 15.9. The lowest BCUT2D eigenvalue weighted by Crippen LogP contribution is -2.20. The predicted molar refractivity (Wildman–Crippen MR) is 103 cm³/mol. The number of rotatable bonds is 6. The minimum atomic E-state index is -0.295. The van der Waals surface area contributed by atoms with Crippen molar-refractivity contribution >= 4 is 39.1 Å². The zero-order valence-electron chi connectivity index (χ0n) is 13.5. The molecule has 0 aliphatic rings. The summed E-state index contributed by atoms with van der Waals surface area (Å²) >= 11 is 9.55. The molecule has 0 bridgehead atoms. The van der Waals surface area contributed by atoms with Gasteiger partial charge in [0.1, 0.15) is 23.9 Å². The van der Waals surface area contributed by atoms with Crippen LogP contribution in [0.5, 0.6) is 5.75 Å². The Balaban J connectivity index is 1.66. The lowest BCUT2D eigenvalue weighted by atomic mass is 10.1. The van der Waals surface area contributed by atoms with Crippen LogP contribution in [0.2, 0.25) is 5.02 Å². The molecule has 1 aromatic heterocycles. The first-order valence-corrected chi connectivity index (χ1v) is 8.90. The molecule has 26 heavy (non-hydrogen) atoms.